The Morgan fingerprint density at radius 1 is 1.19 bits per heavy atom. The van der Waals surface area contributed by atoms with E-state index in [1.165, 1.54) is 23.9 Å². The summed E-state index contributed by atoms with van der Waals surface area (Å²) in [7, 11) is 0. The van der Waals surface area contributed by atoms with Gasteiger partial charge in [0.05, 0.1) is 18.1 Å². The summed E-state index contributed by atoms with van der Waals surface area (Å²) in [4.78, 5) is 19.5. The SMILES string of the molecule is O=C([C@H]1C[C@@H](O)[C@H](O)[C@@H]2N=C(Nc3ccc(F)cc3)S[C@@H]21)N1CCCCC1. The number of halogens is 1. The first-order valence-electron chi connectivity index (χ1n) is 9.45. The predicted molar refractivity (Wildman–Crippen MR) is 103 cm³/mol. The molecule has 0 spiro atoms. The monoisotopic (exact) mass is 393 g/mol. The van der Waals surface area contributed by atoms with Gasteiger partial charge in [-0.05, 0) is 49.9 Å². The van der Waals surface area contributed by atoms with Crippen molar-refractivity contribution in [2.75, 3.05) is 18.4 Å². The molecule has 27 heavy (non-hydrogen) atoms. The van der Waals surface area contributed by atoms with E-state index in [1.807, 2.05) is 4.90 Å². The van der Waals surface area contributed by atoms with Crippen LogP contribution in [-0.2, 0) is 4.79 Å². The molecule has 3 aliphatic rings. The second-order valence-corrected chi connectivity index (χ2v) is 8.59. The Balaban J connectivity index is 1.50. The van der Waals surface area contributed by atoms with Crippen LogP contribution in [0.25, 0.3) is 0 Å². The van der Waals surface area contributed by atoms with Crippen molar-refractivity contribution in [3.63, 3.8) is 0 Å². The Morgan fingerprint density at radius 2 is 1.89 bits per heavy atom. The Labute approximate surface area is 161 Å². The molecule has 1 saturated carbocycles. The van der Waals surface area contributed by atoms with Crippen molar-refractivity contribution in [2.45, 2.75) is 49.2 Å². The van der Waals surface area contributed by atoms with E-state index >= 15 is 0 Å². The number of aliphatic hydroxyl groups excluding tert-OH is 2. The van der Waals surface area contributed by atoms with E-state index in [-0.39, 0.29) is 29.3 Å². The number of nitrogens with one attached hydrogen (secondary N) is 1. The lowest BCUT2D eigenvalue weighted by Gasteiger charge is -2.40. The lowest BCUT2D eigenvalue weighted by molar-refractivity contribution is -0.141. The molecule has 0 aromatic heterocycles. The number of carbonyl (C=O) groups excluding carboxylic acids is 1. The highest BCUT2D eigenvalue weighted by molar-refractivity contribution is 8.15. The molecule has 0 unspecified atom stereocenters. The van der Waals surface area contributed by atoms with Crippen LogP contribution in [0.3, 0.4) is 0 Å². The van der Waals surface area contributed by atoms with E-state index in [9.17, 15) is 19.4 Å². The molecule has 1 saturated heterocycles. The molecule has 1 aromatic rings. The molecular formula is C19H24FN3O3S. The van der Waals surface area contributed by atoms with E-state index in [4.69, 9.17) is 0 Å². The number of likely N-dealkylation sites (tertiary alicyclic amines) is 1. The Hall–Kier alpha value is -1.64. The maximum Gasteiger partial charge on any atom is 0.226 e. The Morgan fingerprint density at radius 3 is 2.59 bits per heavy atom. The van der Waals surface area contributed by atoms with Crippen LogP contribution >= 0.6 is 11.8 Å². The number of piperidine rings is 1. The summed E-state index contributed by atoms with van der Waals surface area (Å²) < 4.78 is 13.1. The van der Waals surface area contributed by atoms with Crippen molar-refractivity contribution in [1.29, 1.82) is 0 Å². The molecular weight excluding hydrogens is 369 g/mol. The molecule has 4 rings (SSSR count). The Kier molecular flexibility index (Phi) is 5.39. The molecule has 6 nitrogen and oxygen atoms in total. The molecule has 2 aliphatic heterocycles. The van der Waals surface area contributed by atoms with Crippen molar-refractivity contribution in [1.82, 2.24) is 4.90 Å². The van der Waals surface area contributed by atoms with E-state index in [0.717, 1.165) is 32.4 Å². The maximum atomic E-state index is 13.1. The standard InChI is InChI=1S/C19H24FN3O3S/c20-11-4-6-12(7-5-11)21-19-22-15-16(25)14(24)10-13(17(15)27-19)18(26)23-8-2-1-3-9-23/h4-7,13-17,24-25H,1-3,8-10H2,(H,21,22)/t13-,14+,15-,16-,17+/m0/s1. The number of carbonyl (C=O) groups is 1. The first-order chi connectivity index (χ1) is 13.0. The van der Waals surface area contributed by atoms with Gasteiger partial charge in [0.15, 0.2) is 5.17 Å². The van der Waals surface area contributed by atoms with Gasteiger partial charge in [-0.15, -0.1) is 0 Å². The van der Waals surface area contributed by atoms with Crippen LogP contribution < -0.4 is 5.32 Å². The largest absolute Gasteiger partial charge is 0.390 e. The lowest BCUT2D eigenvalue weighted by atomic mass is 9.80. The molecule has 2 heterocycles. The molecule has 2 fully saturated rings. The minimum Gasteiger partial charge on any atom is -0.390 e. The number of amidine groups is 1. The number of hydrogen-bond donors (Lipinski definition) is 3. The number of amides is 1. The van der Waals surface area contributed by atoms with Gasteiger partial charge in [0, 0.05) is 24.0 Å². The summed E-state index contributed by atoms with van der Waals surface area (Å²) in [6, 6.07) is 5.41. The van der Waals surface area contributed by atoms with Gasteiger partial charge in [-0.3, -0.25) is 9.79 Å². The summed E-state index contributed by atoms with van der Waals surface area (Å²) in [5.41, 5.74) is 0.690. The normalized spacial score (nSPS) is 33.4. The topological polar surface area (TPSA) is 85.2 Å². The zero-order valence-corrected chi connectivity index (χ0v) is 15.7. The van der Waals surface area contributed by atoms with Crippen LogP contribution in [-0.4, -0.2) is 62.8 Å². The van der Waals surface area contributed by atoms with Crippen molar-refractivity contribution in [3.05, 3.63) is 30.1 Å². The maximum absolute atomic E-state index is 13.1. The lowest BCUT2D eigenvalue weighted by Crippen LogP contribution is -2.55. The fourth-order valence-corrected chi connectivity index (χ4v) is 5.47. The summed E-state index contributed by atoms with van der Waals surface area (Å²) >= 11 is 1.43. The third kappa shape index (κ3) is 3.83. The predicted octanol–water partition coefficient (Wildman–Crippen LogP) is 1.83. The molecule has 0 radical (unpaired) electrons. The molecule has 146 valence electrons. The number of nitrogens with zero attached hydrogens (tertiary/aromatic N) is 2. The average molecular weight is 393 g/mol. The zero-order chi connectivity index (χ0) is 19.0. The summed E-state index contributed by atoms with van der Waals surface area (Å²) in [5.74, 6) is -0.630. The Bertz CT molecular complexity index is 723. The van der Waals surface area contributed by atoms with Crippen LogP contribution in [0.2, 0.25) is 0 Å². The molecule has 5 atom stereocenters. The highest BCUT2D eigenvalue weighted by Crippen LogP contribution is 2.42. The van der Waals surface area contributed by atoms with Crippen LogP contribution in [0.5, 0.6) is 0 Å². The first kappa shape index (κ1) is 18.7. The van der Waals surface area contributed by atoms with Gasteiger partial charge in [-0.25, -0.2) is 4.39 Å². The van der Waals surface area contributed by atoms with E-state index in [1.54, 1.807) is 12.1 Å². The average Bonchev–Trinajstić information content (AvgIpc) is 3.10. The van der Waals surface area contributed by atoms with Gasteiger partial charge < -0.3 is 20.4 Å². The van der Waals surface area contributed by atoms with E-state index in [2.05, 4.69) is 10.3 Å². The quantitative estimate of drug-likeness (QED) is 0.714. The van der Waals surface area contributed by atoms with Gasteiger partial charge in [-0.2, -0.15) is 0 Å². The van der Waals surface area contributed by atoms with Crippen molar-refractivity contribution in [2.24, 2.45) is 10.9 Å². The first-order valence-corrected chi connectivity index (χ1v) is 10.3. The summed E-state index contributed by atoms with van der Waals surface area (Å²) in [6.45, 7) is 1.52. The molecule has 0 bridgehead atoms. The van der Waals surface area contributed by atoms with Crippen molar-refractivity contribution in [3.8, 4) is 0 Å². The second kappa shape index (κ2) is 7.77. The molecule has 1 amide bonds. The van der Waals surface area contributed by atoms with Gasteiger partial charge in [0.1, 0.15) is 11.9 Å². The van der Waals surface area contributed by atoms with Gasteiger partial charge >= 0.3 is 0 Å². The number of benzene rings is 1. The number of hydrogen-bond acceptors (Lipinski definition) is 6. The molecule has 8 heteroatoms. The van der Waals surface area contributed by atoms with Gasteiger partial charge in [0.2, 0.25) is 5.91 Å². The minimum atomic E-state index is -0.986. The molecule has 1 aromatic carbocycles. The third-order valence-electron chi connectivity index (χ3n) is 5.57. The number of aliphatic hydroxyl groups is 2. The van der Waals surface area contributed by atoms with Gasteiger partial charge in [0.25, 0.3) is 0 Å². The smallest absolute Gasteiger partial charge is 0.226 e. The fourth-order valence-electron chi connectivity index (χ4n) is 4.10. The van der Waals surface area contributed by atoms with Crippen LogP contribution in [0.4, 0.5) is 10.1 Å². The van der Waals surface area contributed by atoms with E-state index in [0.29, 0.717) is 10.9 Å². The van der Waals surface area contributed by atoms with E-state index < -0.39 is 18.2 Å². The minimum absolute atomic E-state index is 0.0568. The van der Waals surface area contributed by atoms with Crippen LogP contribution in [0, 0.1) is 11.7 Å². The second-order valence-electron chi connectivity index (χ2n) is 7.43. The van der Waals surface area contributed by atoms with Gasteiger partial charge in [-0.1, -0.05) is 11.8 Å². The number of anilines is 1. The number of aliphatic imine (C=N–C) groups is 1. The number of fused-ring (bicyclic) bond motifs is 1. The molecule has 3 N–H and O–H groups in total. The van der Waals surface area contributed by atoms with Crippen molar-refractivity contribution < 1.29 is 19.4 Å². The summed E-state index contributed by atoms with van der Waals surface area (Å²) in [5, 5.41) is 24.2. The van der Waals surface area contributed by atoms with Crippen LogP contribution in [0.15, 0.2) is 29.3 Å². The van der Waals surface area contributed by atoms with Crippen LogP contribution in [0.1, 0.15) is 25.7 Å². The third-order valence-corrected chi connectivity index (χ3v) is 6.88. The fraction of sp³-hybridized carbons (Fsp3) is 0.579. The van der Waals surface area contributed by atoms with Crippen molar-refractivity contribution >= 4 is 28.5 Å². The zero-order valence-electron chi connectivity index (χ0n) is 14.9. The summed E-state index contributed by atoms with van der Waals surface area (Å²) in [6.07, 6.45) is 1.48. The number of thioether (sulfide) groups is 1. The highest BCUT2D eigenvalue weighted by atomic mass is 32.2. The highest BCUT2D eigenvalue weighted by Gasteiger charge is 2.51. The molecule has 1 aliphatic carbocycles. The number of rotatable bonds is 2.